The molecule has 1 aliphatic heterocycles. The number of benzene rings is 2. The van der Waals surface area contributed by atoms with Gasteiger partial charge < -0.3 is 9.47 Å². The van der Waals surface area contributed by atoms with E-state index < -0.39 is 11.7 Å². The van der Waals surface area contributed by atoms with Gasteiger partial charge in [0, 0.05) is 0 Å². The second-order valence-corrected chi connectivity index (χ2v) is 5.96. The Morgan fingerprint density at radius 2 is 1.50 bits per heavy atom. The Morgan fingerprint density at radius 3 is 1.95 bits per heavy atom. The van der Waals surface area contributed by atoms with Crippen molar-refractivity contribution in [2.24, 2.45) is 0 Å². The Morgan fingerprint density at radius 1 is 0.955 bits per heavy atom. The summed E-state index contributed by atoms with van der Waals surface area (Å²) in [6.07, 6.45) is 2.63. The van der Waals surface area contributed by atoms with E-state index in [0.29, 0.717) is 0 Å². The summed E-state index contributed by atoms with van der Waals surface area (Å²) >= 11 is 0. The first-order valence-electron chi connectivity index (χ1n) is 7.80. The molecule has 1 unspecified atom stereocenters. The molecule has 1 saturated carbocycles. The normalized spacial score (nSPS) is 22.6. The highest BCUT2D eigenvalue weighted by Gasteiger charge is 2.64. The third kappa shape index (κ3) is 2.13. The topological polar surface area (TPSA) is 38.8 Å². The smallest absolute Gasteiger partial charge is 0.339 e. The third-order valence-electron chi connectivity index (χ3n) is 4.57. The Bertz CT molecular complexity index is 622. The molecule has 2 fully saturated rings. The van der Waals surface area contributed by atoms with Crippen LogP contribution in [0.25, 0.3) is 0 Å². The van der Waals surface area contributed by atoms with Crippen LogP contribution in [0.4, 0.5) is 0 Å². The maximum atomic E-state index is 12.4. The molecule has 4 rings (SSSR count). The number of esters is 1. The lowest BCUT2D eigenvalue weighted by molar-refractivity contribution is -0.154. The lowest BCUT2D eigenvalue weighted by Gasteiger charge is -2.25. The van der Waals surface area contributed by atoms with Crippen LogP contribution in [0.5, 0.6) is 0 Å². The van der Waals surface area contributed by atoms with Gasteiger partial charge in [0.1, 0.15) is 6.10 Å². The van der Waals surface area contributed by atoms with Gasteiger partial charge in [-0.05, 0) is 30.4 Å². The third-order valence-corrected chi connectivity index (χ3v) is 4.57. The zero-order chi connectivity index (χ0) is 15.0. The van der Waals surface area contributed by atoms with Gasteiger partial charge in [-0.2, -0.15) is 0 Å². The predicted octanol–water partition coefficient (Wildman–Crippen LogP) is 3.42. The van der Waals surface area contributed by atoms with Crippen LogP contribution >= 0.6 is 0 Å². The fraction of sp³-hybridized carbons (Fsp3) is 0.316. The zero-order valence-electron chi connectivity index (χ0n) is 12.3. The molecule has 0 radical (unpaired) electrons. The van der Waals surface area contributed by atoms with E-state index in [9.17, 15) is 4.79 Å². The molecule has 112 valence electrons. The van der Waals surface area contributed by atoms with Crippen LogP contribution in [0.3, 0.4) is 0 Å². The van der Waals surface area contributed by atoms with Crippen molar-refractivity contribution >= 4 is 5.97 Å². The highest BCUT2D eigenvalue weighted by Crippen LogP contribution is 2.52. The summed E-state index contributed by atoms with van der Waals surface area (Å²) in [6.45, 7) is 0. The van der Waals surface area contributed by atoms with Crippen molar-refractivity contribution in [1.82, 2.24) is 0 Å². The van der Waals surface area contributed by atoms with Gasteiger partial charge in [-0.1, -0.05) is 60.7 Å². The van der Waals surface area contributed by atoms with Crippen molar-refractivity contribution in [2.45, 2.75) is 37.1 Å². The summed E-state index contributed by atoms with van der Waals surface area (Å²) in [6, 6.07) is 19.8. The highest BCUT2D eigenvalue weighted by molar-refractivity contribution is 5.82. The number of hydrogen-bond acceptors (Lipinski definition) is 3. The molecule has 1 heterocycles. The summed E-state index contributed by atoms with van der Waals surface area (Å²) in [5.41, 5.74) is 1.30. The van der Waals surface area contributed by atoms with Crippen molar-refractivity contribution in [1.29, 1.82) is 0 Å². The highest BCUT2D eigenvalue weighted by atomic mass is 16.7. The van der Waals surface area contributed by atoms with Crippen molar-refractivity contribution in [3.8, 4) is 0 Å². The average molecular weight is 294 g/mol. The van der Waals surface area contributed by atoms with Crippen LogP contribution in [0.1, 0.15) is 30.4 Å². The summed E-state index contributed by atoms with van der Waals surface area (Å²) < 4.78 is 11.5. The lowest BCUT2D eigenvalue weighted by atomic mass is 9.88. The minimum absolute atomic E-state index is 0.0842. The van der Waals surface area contributed by atoms with E-state index in [2.05, 4.69) is 0 Å². The second kappa shape index (κ2) is 5.25. The van der Waals surface area contributed by atoms with E-state index in [4.69, 9.17) is 9.47 Å². The molecule has 2 aromatic carbocycles. The molecule has 0 spiro atoms. The first-order chi connectivity index (χ1) is 10.8. The molecular formula is C19H18O3. The van der Waals surface area contributed by atoms with E-state index in [1.54, 1.807) is 0 Å². The fourth-order valence-corrected chi connectivity index (χ4v) is 3.06. The number of ether oxygens (including phenoxy) is 2. The Hall–Kier alpha value is -2.13. The first kappa shape index (κ1) is 13.5. The zero-order valence-corrected chi connectivity index (χ0v) is 12.3. The molecule has 0 N–H and O–H groups in total. The van der Waals surface area contributed by atoms with Gasteiger partial charge in [0.2, 0.25) is 0 Å². The number of rotatable bonds is 4. The molecule has 2 aromatic rings. The van der Waals surface area contributed by atoms with E-state index in [-0.39, 0.29) is 12.1 Å². The van der Waals surface area contributed by atoms with Crippen LogP contribution in [-0.4, -0.2) is 18.2 Å². The molecule has 3 heteroatoms. The fourth-order valence-electron chi connectivity index (χ4n) is 3.06. The molecule has 1 saturated heterocycles. The summed E-state index contributed by atoms with van der Waals surface area (Å²) in [5, 5.41) is 0. The Labute approximate surface area is 129 Å². The van der Waals surface area contributed by atoms with E-state index in [1.165, 1.54) is 0 Å². The van der Waals surface area contributed by atoms with Gasteiger partial charge in [0.05, 0.1) is 0 Å². The summed E-state index contributed by atoms with van der Waals surface area (Å²) in [7, 11) is 0. The monoisotopic (exact) mass is 294 g/mol. The number of carbonyl (C=O) groups excluding carboxylic acids is 1. The second-order valence-electron chi connectivity index (χ2n) is 5.96. The largest absolute Gasteiger partial charge is 0.460 e. The number of hydrogen-bond donors (Lipinski definition) is 0. The quantitative estimate of drug-likeness (QED) is 0.640. The molecule has 3 nitrogen and oxygen atoms in total. The van der Waals surface area contributed by atoms with Crippen LogP contribution in [0, 0.1) is 0 Å². The van der Waals surface area contributed by atoms with Crippen LogP contribution in [0.15, 0.2) is 60.7 Å². The molecular weight excluding hydrogens is 276 g/mol. The van der Waals surface area contributed by atoms with Gasteiger partial charge >= 0.3 is 5.97 Å². The van der Waals surface area contributed by atoms with Gasteiger partial charge in [0.15, 0.2) is 11.7 Å². The maximum absolute atomic E-state index is 12.4. The lowest BCUT2D eigenvalue weighted by Crippen LogP contribution is -2.30. The standard InChI is InChI=1S/C19H18O3/c20-18(21-16-12-7-13-16)17-19(22-17,14-8-3-1-4-9-14)15-10-5-2-6-11-15/h1-6,8-11,16-17H,7,12-13H2. The SMILES string of the molecule is O=C(OC1CCC1)C1OC1(c1ccccc1)c1ccccc1. The summed E-state index contributed by atoms with van der Waals surface area (Å²) in [4.78, 5) is 12.4. The number of carbonyl (C=O) groups is 1. The molecule has 22 heavy (non-hydrogen) atoms. The van der Waals surface area contributed by atoms with Crippen LogP contribution in [-0.2, 0) is 19.9 Å². The van der Waals surface area contributed by atoms with E-state index in [1.807, 2.05) is 60.7 Å². The maximum Gasteiger partial charge on any atom is 0.339 e. The summed E-state index contributed by atoms with van der Waals surface area (Å²) in [5.74, 6) is -0.239. The molecule has 0 amide bonds. The van der Waals surface area contributed by atoms with Gasteiger partial charge in [-0.3, -0.25) is 0 Å². The van der Waals surface area contributed by atoms with Crippen molar-refractivity contribution in [3.05, 3.63) is 71.8 Å². The van der Waals surface area contributed by atoms with E-state index in [0.717, 1.165) is 30.4 Å². The average Bonchev–Trinajstić information content (AvgIpc) is 3.29. The molecule has 0 aromatic heterocycles. The Kier molecular flexibility index (Phi) is 3.23. The van der Waals surface area contributed by atoms with E-state index >= 15 is 0 Å². The Balaban J connectivity index is 1.65. The molecule has 1 atom stereocenters. The van der Waals surface area contributed by atoms with Crippen molar-refractivity contribution < 1.29 is 14.3 Å². The van der Waals surface area contributed by atoms with Crippen molar-refractivity contribution in [2.75, 3.05) is 0 Å². The van der Waals surface area contributed by atoms with Crippen LogP contribution < -0.4 is 0 Å². The molecule has 0 bridgehead atoms. The minimum Gasteiger partial charge on any atom is -0.460 e. The van der Waals surface area contributed by atoms with Crippen LogP contribution in [0.2, 0.25) is 0 Å². The minimum atomic E-state index is -0.691. The predicted molar refractivity (Wildman–Crippen MR) is 82.3 cm³/mol. The number of epoxide rings is 1. The first-order valence-corrected chi connectivity index (χ1v) is 7.80. The van der Waals surface area contributed by atoms with Gasteiger partial charge in [-0.25, -0.2) is 4.79 Å². The van der Waals surface area contributed by atoms with Gasteiger partial charge in [-0.15, -0.1) is 0 Å². The molecule has 1 aliphatic carbocycles. The van der Waals surface area contributed by atoms with Crippen molar-refractivity contribution in [3.63, 3.8) is 0 Å². The molecule has 2 aliphatic rings. The van der Waals surface area contributed by atoms with Gasteiger partial charge in [0.25, 0.3) is 0 Å².